The Bertz CT molecular complexity index is 545. The molecule has 0 saturated carbocycles. The van der Waals surface area contributed by atoms with E-state index in [2.05, 4.69) is 5.32 Å². The van der Waals surface area contributed by atoms with E-state index in [0.717, 1.165) is 6.26 Å². The Hall–Kier alpha value is -1.31. The lowest BCUT2D eigenvalue weighted by molar-refractivity contribution is 0.0992. The molecule has 0 aliphatic carbocycles. The summed E-state index contributed by atoms with van der Waals surface area (Å²) in [6.45, 7) is -0.0231. The Labute approximate surface area is 123 Å². The molecule has 0 heterocycles. The third-order valence-electron chi connectivity index (χ3n) is 2.46. The molecule has 2 N–H and O–H groups in total. The summed E-state index contributed by atoms with van der Waals surface area (Å²) in [5, 5.41) is 3.07. The number of carbonyl (C=O) groups excluding carboxylic acids is 1. The number of carbonyl (C=O) groups is 1. The van der Waals surface area contributed by atoms with Crippen LogP contribution >= 0.6 is 11.6 Å². The van der Waals surface area contributed by atoms with Gasteiger partial charge < -0.3 is 5.32 Å². The van der Waals surface area contributed by atoms with Gasteiger partial charge in [0, 0.05) is 17.1 Å². The van der Waals surface area contributed by atoms with Crippen LogP contribution in [0.4, 0.5) is 5.69 Å². The molecule has 0 aliphatic heterocycles. The molecule has 0 bridgehead atoms. The van der Waals surface area contributed by atoms with E-state index < -0.39 is 16.0 Å². The van der Waals surface area contributed by atoms with E-state index in [9.17, 15) is 13.2 Å². The topological polar surface area (TPSA) is 96.3 Å². The fourth-order valence-corrected chi connectivity index (χ4v) is 2.16. The molecule has 1 amide bonds. The van der Waals surface area contributed by atoms with Crippen LogP contribution < -0.4 is 11.1 Å². The first-order valence-corrected chi connectivity index (χ1v) is 8.20. The zero-order valence-electron chi connectivity index (χ0n) is 10.9. The van der Waals surface area contributed by atoms with E-state index in [4.69, 9.17) is 21.5 Å². The number of amides is 1. The van der Waals surface area contributed by atoms with Gasteiger partial charge in [0.15, 0.2) is 0 Å². The fraction of sp³-hybridized carbons (Fsp3) is 0.417. The van der Waals surface area contributed by atoms with Gasteiger partial charge in [-0.25, -0.2) is 0 Å². The van der Waals surface area contributed by atoms with Crippen LogP contribution in [0.2, 0.25) is 0 Å². The number of halogens is 1. The number of alkyl halides is 1. The third kappa shape index (κ3) is 6.23. The van der Waals surface area contributed by atoms with Gasteiger partial charge in [-0.15, -0.1) is 11.6 Å². The maximum atomic E-state index is 11.0. The van der Waals surface area contributed by atoms with Crippen LogP contribution in [0, 0.1) is 0 Å². The standard InChI is InChI=1S/C12H16ClN2O4S/c1-20(17,18)19-8-11(6-7-13)15-10-4-2-9(3-5-10)12(14)16/h2-5,11,14-15H,6-8H2,1H3. The van der Waals surface area contributed by atoms with Crippen LogP contribution in [0.3, 0.4) is 0 Å². The molecular formula is C12H16ClN2O4S. The lowest BCUT2D eigenvalue weighted by Gasteiger charge is -2.18. The molecule has 1 radical (unpaired) electrons. The molecule has 1 rings (SSSR count). The first-order valence-electron chi connectivity index (χ1n) is 5.84. The van der Waals surface area contributed by atoms with Crippen molar-refractivity contribution in [1.29, 1.82) is 0 Å². The zero-order chi connectivity index (χ0) is 15.2. The molecule has 8 heteroatoms. The predicted molar refractivity (Wildman–Crippen MR) is 77.4 cm³/mol. The highest BCUT2D eigenvalue weighted by molar-refractivity contribution is 7.85. The van der Waals surface area contributed by atoms with E-state index in [1.165, 1.54) is 12.1 Å². The van der Waals surface area contributed by atoms with Crippen LogP contribution in [-0.4, -0.2) is 39.1 Å². The summed E-state index contributed by atoms with van der Waals surface area (Å²) in [7, 11) is -3.50. The molecule has 0 saturated heterocycles. The SMILES string of the molecule is CS(=O)(=O)OCC(CCCl)Nc1ccc(C([NH])=O)cc1. The van der Waals surface area contributed by atoms with Crippen molar-refractivity contribution in [2.45, 2.75) is 12.5 Å². The van der Waals surface area contributed by atoms with Crippen molar-refractivity contribution < 1.29 is 17.4 Å². The Morgan fingerprint density at radius 2 is 2.00 bits per heavy atom. The molecule has 0 aliphatic rings. The number of hydrogen-bond donors (Lipinski definition) is 1. The molecule has 6 nitrogen and oxygen atoms in total. The zero-order valence-corrected chi connectivity index (χ0v) is 12.5. The first kappa shape index (κ1) is 16.7. The summed E-state index contributed by atoms with van der Waals surface area (Å²) < 4.78 is 26.7. The van der Waals surface area contributed by atoms with Gasteiger partial charge in [0.25, 0.3) is 16.0 Å². The normalized spacial score (nSPS) is 12.9. The van der Waals surface area contributed by atoms with Crippen molar-refractivity contribution in [1.82, 2.24) is 5.73 Å². The van der Waals surface area contributed by atoms with E-state index in [1.54, 1.807) is 12.1 Å². The van der Waals surface area contributed by atoms with Crippen LogP contribution in [0.25, 0.3) is 0 Å². The molecule has 1 aromatic rings. The van der Waals surface area contributed by atoms with Crippen LogP contribution in [-0.2, 0) is 14.3 Å². The smallest absolute Gasteiger partial charge is 0.269 e. The molecule has 111 valence electrons. The summed E-state index contributed by atoms with van der Waals surface area (Å²) in [6.07, 6.45) is 1.51. The van der Waals surface area contributed by atoms with Gasteiger partial charge in [-0.1, -0.05) is 0 Å². The molecule has 0 fully saturated rings. The highest BCUT2D eigenvalue weighted by Crippen LogP contribution is 2.13. The summed E-state index contributed by atoms with van der Waals surface area (Å²) in [4.78, 5) is 10.8. The minimum Gasteiger partial charge on any atom is -0.380 e. The van der Waals surface area contributed by atoms with Gasteiger partial charge in [-0.05, 0) is 30.7 Å². The van der Waals surface area contributed by atoms with Gasteiger partial charge in [0.05, 0.1) is 18.9 Å². The van der Waals surface area contributed by atoms with Gasteiger partial charge >= 0.3 is 0 Å². The van der Waals surface area contributed by atoms with Gasteiger partial charge in [0.2, 0.25) is 0 Å². The summed E-state index contributed by atoms with van der Waals surface area (Å²) in [5.74, 6) is -0.400. The molecule has 0 aromatic heterocycles. The number of benzene rings is 1. The van der Waals surface area contributed by atoms with E-state index in [1.807, 2.05) is 0 Å². The average Bonchev–Trinajstić information content (AvgIpc) is 2.36. The van der Waals surface area contributed by atoms with Gasteiger partial charge in [-0.2, -0.15) is 8.42 Å². The summed E-state index contributed by atoms with van der Waals surface area (Å²) >= 11 is 5.66. The lowest BCUT2D eigenvalue weighted by Crippen LogP contribution is -2.27. The molecule has 20 heavy (non-hydrogen) atoms. The van der Waals surface area contributed by atoms with E-state index in [-0.39, 0.29) is 18.2 Å². The Balaban J connectivity index is 2.67. The highest BCUT2D eigenvalue weighted by atomic mass is 35.5. The van der Waals surface area contributed by atoms with Gasteiger partial charge in [-0.3, -0.25) is 14.7 Å². The Morgan fingerprint density at radius 1 is 1.40 bits per heavy atom. The number of rotatable bonds is 8. The Kier molecular flexibility index (Phi) is 6.25. The quantitative estimate of drug-likeness (QED) is 0.578. The molecule has 1 unspecified atom stereocenters. The maximum absolute atomic E-state index is 11.0. The van der Waals surface area contributed by atoms with Crippen molar-refractivity contribution in [2.75, 3.05) is 24.1 Å². The van der Waals surface area contributed by atoms with Crippen LogP contribution in [0.5, 0.6) is 0 Å². The average molecular weight is 320 g/mol. The second kappa shape index (κ2) is 7.47. The minimum absolute atomic E-state index is 0.0231. The van der Waals surface area contributed by atoms with Crippen molar-refractivity contribution in [3.05, 3.63) is 29.8 Å². The lowest BCUT2D eigenvalue weighted by atomic mass is 10.1. The number of hydrogen-bond acceptors (Lipinski definition) is 5. The van der Waals surface area contributed by atoms with Crippen LogP contribution in [0.15, 0.2) is 24.3 Å². The van der Waals surface area contributed by atoms with E-state index >= 15 is 0 Å². The van der Waals surface area contributed by atoms with Gasteiger partial charge in [0.1, 0.15) is 0 Å². The monoisotopic (exact) mass is 319 g/mol. The molecule has 1 aromatic carbocycles. The molecule has 0 spiro atoms. The highest BCUT2D eigenvalue weighted by Gasteiger charge is 2.12. The largest absolute Gasteiger partial charge is 0.380 e. The number of nitrogens with one attached hydrogen (secondary N) is 2. The van der Waals surface area contributed by atoms with Crippen molar-refractivity contribution in [3.8, 4) is 0 Å². The van der Waals surface area contributed by atoms with Crippen molar-refractivity contribution in [3.63, 3.8) is 0 Å². The van der Waals surface area contributed by atoms with E-state index in [0.29, 0.717) is 18.0 Å². The Morgan fingerprint density at radius 3 is 2.45 bits per heavy atom. The fourth-order valence-electron chi connectivity index (χ4n) is 1.49. The van der Waals surface area contributed by atoms with Crippen LogP contribution in [0.1, 0.15) is 16.8 Å². The second-order valence-corrected chi connectivity index (χ2v) is 6.24. The predicted octanol–water partition coefficient (Wildman–Crippen LogP) is 1.50. The van der Waals surface area contributed by atoms with Crippen molar-refractivity contribution >= 4 is 33.3 Å². The first-order chi connectivity index (χ1) is 9.31. The number of anilines is 1. The molecule has 1 atom stereocenters. The maximum Gasteiger partial charge on any atom is 0.269 e. The second-order valence-electron chi connectivity index (χ2n) is 4.21. The summed E-state index contributed by atoms with van der Waals surface area (Å²) in [6, 6.07) is 6.06. The molecular weight excluding hydrogens is 304 g/mol. The third-order valence-corrected chi connectivity index (χ3v) is 3.24. The summed E-state index contributed by atoms with van der Waals surface area (Å²) in [5.41, 5.74) is 7.95. The van der Waals surface area contributed by atoms with Crippen molar-refractivity contribution in [2.24, 2.45) is 0 Å². The minimum atomic E-state index is -3.50.